The zero-order valence-electron chi connectivity index (χ0n) is 18.9. The van der Waals surface area contributed by atoms with Crippen LogP contribution in [0.25, 0.3) is 0 Å². The van der Waals surface area contributed by atoms with Gasteiger partial charge >= 0.3 is 0 Å². The number of nitrogens with one attached hydrogen (secondary N) is 1. The van der Waals surface area contributed by atoms with Crippen LogP contribution >= 0.6 is 11.8 Å². The SMILES string of the molecule is CC[C@@H](C)NC(=O)[C@H](CC)N(Cc1ccccc1C)C(=O)CSCc1ccccc1F. The first-order valence-electron chi connectivity index (χ1n) is 10.8. The summed E-state index contributed by atoms with van der Waals surface area (Å²) >= 11 is 1.37. The molecule has 0 aliphatic heterocycles. The molecule has 2 rings (SSSR count). The van der Waals surface area contributed by atoms with E-state index in [0.717, 1.165) is 17.5 Å². The lowest BCUT2D eigenvalue weighted by atomic mass is 10.1. The molecule has 0 aliphatic carbocycles. The Morgan fingerprint density at radius 3 is 2.29 bits per heavy atom. The van der Waals surface area contributed by atoms with Gasteiger partial charge in [0, 0.05) is 18.3 Å². The number of nitrogens with zero attached hydrogens (tertiary/aromatic N) is 1. The van der Waals surface area contributed by atoms with Crippen LogP contribution in [0.2, 0.25) is 0 Å². The Morgan fingerprint density at radius 1 is 1.03 bits per heavy atom. The molecular weight excluding hydrogens is 411 g/mol. The largest absolute Gasteiger partial charge is 0.352 e. The Bertz CT molecular complexity index is 874. The molecule has 31 heavy (non-hydrogen) atoms. The van der Waals surface area contributed by atoms with E-state index in [4.69, 9.17) is 0 Å². The summed E-state index contributed by atoms with van der Waals surface area (Å²) < 4.78 is 13.9. The predicted molar refractivity (Wildman–Crippen MR) is 126 cm³/mol. The molecule has 0 spiro atoms. The molecule has 0 aromatic heterocycles. The van der Waals surface area contributed by atoms with Gasteiger partial charge in [-0.05, 0) is 49.4 Å². The molecule has 2 atom stereocenters. The van der Waals surface area contributed by atoms with Gasteiger partial charge in [0.1, 0.15) is 11.9 Å². The van der Waals surface area contributed by atoms with Crippen LogP contribution < -0.4 is 5.32 Å². The molecule has 4 nitrogen and oxygen atoms in total. The number of aryl methyl sites for hydroxylation is 1. The second-order valence-corrected chi connectivity index (χ2v) is 8.76. The minimum atomic E-state index is -0.546. The van der Waals surface area contributed by atoms with Crippen LogP contribution in [0.5, 0.6) is 0 Å². The van der Waals surface area contributed by atoms with Crippen LogP contribution in [0, 0.1) is 12.7 Å². The molecule has 0 heterocycles. The second-order valence-electron chi connectivity index (χ2n) is 7.77. The topological polar surface area (TPSA) is 49.4 Å². The van der Waals surface area contributed by atoms with Crippen LogP contribution in [0.15, 0.2) is 48.5 Å². The highest BCUT2D eigenvalue weighted by atomic mass is 32.2. The van der Waals surface area contributed by atoms with Crippen molar-refractivity contribution in [3.05, 3.63) is 71.0 Å². The van der Waals surface area contributed by atoms with Crippen LogP contribution in [0.1, 0.15) is 50.3 Å². The fraction of sp³-hybridized carbons (Fsp3) is 0.440. The lowest BCUT2D eigenvalue weighted by Crippen LogP contribution is -2.51. The first-order valence-corrected chi connectivity index (χ1v) is 12.0. The van der Waals surface area contributed by atoms with Crippen LogP contribution in [-0.4, -0.2) is 34.6 Å². The first-order chi connectivity index (χ1) is 14.9. The Labute approximate surface area is 189 Å². The predicted octanol–water partition coefficient (Wildman–Crippen LogP) is 5.09. The zero-order chi connectivity index (χ0) is 22.8. The van der Waals surface area contributed by atoms with Crippen molar-refractivity contribution < 1.29 is 14.0 Å². The molecular formula is C25H33FN2O2S. The van der Waals surface area contributed by atoms with Gasteiger partial charge < -0.3 is 10.2 Å². The normalized spacial score (nSPS) is 12.8. The van der Waals surface area contributed by atoms with Crippen molar-refractivity contribution in [2.24, 2.45) is 0 Å². The summed E-state index contributed by atoms with van der Waals surface area (Å²) in [6, 6.07) is 14.0. The van der Waals surface area contributed by atoms with Gasteiger partial charge in [0.25, 0.3) is 0 Å². The summed E-state index contributed by atoms with van der Waals surface area (Å²) in [4.78, 5) is 27.8. The minimum Gasteiger partial charge on any atom is -0.352 e. The molecule has 0 bridgehead atoms. The van der Waals surface area contributed by atoms with Crippen molar-refractivity contribution in [2.75, 3.05) is 5.75 Å². The third-order valence-corrected chi connectivity index (χ3v) is 6.40. The van der Waals surface area contributed by atoms with E-state index >= 15 is 0 Å². The fourth-order valence-electron chi connectivity index (χ4n) is 3.28. The Hall–Kier alpha value is -2.34. The van der Waals surface area contributed by atoms with Gasteiger partial charge in [-0.2, -0.15) is 0 Å². The number of thioether (sulfide) groups is 1. The Balaban J connectivity index is 2.16. The standard InChI is InChI=1S/C25H33FN2O2S/c1-5-19(4)27-25(30)23(6-2)28(15-20-12-8-7-11-18(20)3)24(29)17-31-16-21-13-9-10-14-22(21)26/h7-14,19,23H,5-6,15-17H2,1-4H3,(H,27,30)/t19-,23+/m1/s1. The monoisotopic (exact) mass is 444 g/mol. The summed E-state index contributed by atoms with van der Waals surface area (Å²) in [6.45, 7) is 8.28. The molecule has 0 fully saturated rings. The van der Waals surface area contributed by atoms with Crippen LogP contribution in [-0.2, 0) is 21.9 Å². The highest BCUT2D eigenvalue weighted by molar-refractivity contribution is 7.99. The molecule has 0 unspecified atom stereocenters. The molecule has 2 aromatic carbocycles. The van der Waals surface area contributed by atoms with Crippen LogP contribution in [0.3, 0.4) is 0 Å². The molecule has 168 valence electrons. The van der Waals surface area contributed by atoms with Gasteiger partial charge in [-0.15, -0.1) is 11.8 Å². The van der Waals surface area contributed by atoms with Gasteiger partial charge in [-0.1, -0.05) is 56.3 Å². The number of rotatable bonds is 11. The van der Waals surface area contributed by atoms with E-state index in [2.05, 4.69) is 5.32 Å². The molecule has 0 saturated carbocycles. The number of hydrogen-bond donors (Lipinski definition) is 1. The lowest BCUT2D eigenvalue weighted by molar-refractivity contribution is -0.139. The van der Waals surface area contributed by atoms with E-state index in [1.165, 1.54) is 17.8 Å². The number of halogens is 1. The van der Waals surface area contributed by atoms with Crippen LogP contribution in [0.4, 0.5) is 4.39 Å². The summed E-state index contributed by atoms with van der Waals surface area (Å²) in [5.74, 6) is 0.0898. The smallest absolute Gasteiger partial charge is 0.243 e. The fourth-order valence-corrected chi connectivity index (χ4v) is 4.17. The molecule has 1 N–H and O–H groups in total. The van der Waals surface area contributed by atoms with Gasteiger partial charge in [0.15, 0.2) is 0 Å². The minimum absolute atomic E-state index is 0.0485. The third kappa shape index (κ3) is 7.39. The van der Waals surface area contributed by atoms with Gasteiger partial charge in [-0.3, -0.25) is 9.59 Å². The van der Waals surface area contributed by atoms with E-state index in [1.807, 2.05) is 52.0 Å². The van der Waals surface area contributed by atoms with Crippen molar-refractivity contribution in [1.29, 1.82) is 0 Å². The quantitative estimate of drug-likeness (QED) is 0.525. The van der Waals surface area contributed by atoms with Crippen molar-refractivity contribution >= 4 is 23.6 Å². The van der Waals surface area contributed by atoms with Crippen molar-refractivity contribution in [1.82, 2.24) is 10.2 Å². The van der Waals surface area contributed by atoms with Gasteiger partial charge in [-0.25, -0.2) is 4.39 Å². The summed E-state index contributed by atoms with van der Waals surface area (Å²) in [6.07, 6.45) is 1.35. The van der Waals surface area contributed by atoms with E-state index in [-0.39, 0.29) is 29.4 Å². The maximum Gasteiger partial charge on any atom is 0.243 e. The molecule has 0 saturated heterocycles. The van der Waals surface area contributed by atoms with E-state index in [0.29, 0.717) is 24.3 Å². The highest BCUT2D eigenvalue weighted by Gasteiger charge is 2.29. The summed E-state index contributed by atoms with van der Waals surface area (Å²) in [5, 5.41) is 3.02. The number of hydrogen-bond acceptors (Lipinski definition) is 3. The van der Waals surface area contributed by atoms with Crippen molar-refractivity contribution in [3.8, 4) is 0 Å². The molecule has 2 aromatic rings. The summed E-state index contributed by atoms with van der Waals surface area (Å²) in [7, 11) is 0. The number of carbonyl (C=O) groups is 2. The maximum absolute atomic E-state index is 13.9. The Kier molecular flexibility index (Phi) is 10.0. The molecule has 2 amide bonds. The first kappa shape index (κ1) is 24.9. The number of carbonyl (C=O) groups excluding carboxylic acids is 2. The number of benzene rings is 2. The average Bonchev–Trinajstić information content (AvgIpc) is 2.76. The van der Waals surface area contributed by atoms with Gasteiger partial charge in [0.05, 0.1) is 5.75 Å². The highest BCUT2D eigenvalue weighted by Crippen LogP contribution is 2.20. The second kappa shape index (κ2) is 12.5. The van der Waals surface area contributed by atoms with E-state index in [1.54, 1.807) is 23.1 Å². The van der Waals surface area contributed by atoms with Crippen molar-refractivity contribution in [3.63, 3.8) is 0 Å². The molecule has 6 heteroatoms. The third-order valence-electron chi connectivity index (χ3n) is 5.43. The van der Waals surface area contributed by atoms with Crippen molar-refractivity contribution in [2.45, 2.75) is 64.9 Å². The molecule has 0 radical (unpaired) electrons. The molecule has 0 aliphatic rings. The van der Waals surface area contributed by atoms with E-state index in [9.17, 15) is 14.0 Å². The summed E-state index contributed by atoms with van der Waals surface area (Å²) in [5.41, 5.74) is 2.67. The van der Waals surface area contributed by atoms with E-state index < -0.39 is 6.04 Å². The maximum atomic E-state index is 13.9. The Morgan fingerprint density at radius 2 is 1.68 bits per heavy atom. The number of amides is 2. The van der Waals surface area contributed by atoms with Gasteiger partial charge in [0.2, 0.25) is 11.8 Å². The average molecular weight is 445 g/mol. The zero-order valence-corrected chi connectivity index (χ0v) is 19.7. The lowest BCUT2D eigenvalue weighted by Gasteiger charge is -2.32.